The molecule has 0 radical (unpaired) electrons. The van der Waals surface area contributed by atoms with Crippen molar-refractivity contribution in [3.05, 3.63) is 101 Å². The third kappa shape index (κ3) is 7.36. The summed E-state index contributed by atoms with van der Waals surface area (Å²) >= 11 is 0. The Labute approximate surface area is 253 Å². The van der Waals surface area contributed by atoms with Gasteiger partial charge in [0.05, 0.1) is 17.3 Å². The van der Waals surface area contributed by atoms with E-state index in [4.69, 9.17) is 9.72 Å². The molecule has 1 aromatic heterocycles. The average molecular weight is 612 g/mol. The molecule has 2 unspecified atom stereocenters. The van der Waals surface area contributed by atoms with E-state index in [1.807, 2.05) is 25.1 Å². The Kier molecular flexibility index (Phi) is 9.49. The molecule has 0 spiro atoms. The molecule has 4 rings (SSSR count). The van der Waals surface area contributed by atoms with Gasteiger partial charge in [-0.15, -0.1) is 0 Å². The van der Waals surface area contributed by atoms with Crippen molar-refractivity contribution in [3.8, 4) is 17.1 Å². The first-order valence-electron chi connectivity index (χ1n) is 13.9. The van der Waals surface area contributed by atoms with Gasteiger partial charge in [0.25, 0.3) is 0 Å². The molecule has 3 aromatic rings. The normalized spacial score (nSPS) is 17.2. The van der Waals surface area contributed by atoms with Crippen LogP contribution in [0.3, 0.4) is 0 Å². The largest absolute Gasteiger partial charge is 0.444 e. The lowest BCUT2D eigenvalue weighted by atomic mass is 10.0. The number of allylic oxidation sites excluding steroid dienone is 4. The van der Waals surface area contributed by atoms with Gasteiger partial charge < -0.3 is 4.74 Å². The Morgan fingerprint density at radius 2 is 1.79 bits per heavy atom. The number of rotatable bonds is 7. The smallest absolute Gasteiger partial charge is 0.417 e. The number of imidazole rings is 1. The average Bonchev–Trinajstić information content (AvgIpc) is 3.60. The standard InChI is InChI=1S/C33H36F3N3O3S/c1-7-22(20-25(8-2)43(6)41)23-15-17-24(18-16-23)39-21-28(29-14-11-19-38(29)31(40)42-32(3,4)5)37-30(39)26-12-9-10-13-27(26)33(34,35)36/h7-10,12-13,15-18,20-21,29H,2,11,14,19H2,1,3-6H3/b22-7+,25-20+. The topological polar surface area (TPSA) is 64.4 Å². The van der Waals surface area contributed by atoms with E-state index in [-0.39, 0.29) is 11.4 Å². The highest BCUT2D eigenvalue weighted by atomic mass is 32.2. The number of benzene rings is 2. The fourth-order valence-corrected chi connectivity index (χ4v) is 5.57. The molecule has 0 saturated carbocycles. The van der Waals surface area contributed by atoms with Crippen LogP contribution in [0.5, 0.6) is 0 Å². The number of amides is 1. The summed E-state index contributed by atoms with van der Waals surface area (Å²) in [5.74, 6) is 0.119. The van der Waals surface area contributed by atoms with Crippen molar-refractivity contribution < 1.29 is 26.9 Å². The maximum absolute atomic E-state index is 14.1. The van der Waals surface area contributed by atoms with Crippen LogP contribution in [-0.2, 0) is 21.7 Å². The zero-order valence-electron chi connectivity index (χ0n) is 24.9. The van der Waals surface area contributed by atoms with E-state index in [0.717, 1.165) is 23.6 Å². The zero-order valence-corrected chi connectivity index (χ0v) is 25.8. The highest BCUT2D eigenvalue weighted by molar-refractivity contribution is 7.88. The van der Waals surface area contributed by atoms with Crippen molar-refractivity contribution in [2.45, 2.75) is 58.4 Å². The molecular weight excluding hydrogens is 575 g/mol. The zero-order chi connectivity index (χ0) is 31.5. The minimum Gasteiger partial charge on any atom is -0.444 e. The summed E-state index contributed by atoms with van der Waals surface area (Å²) in [5.41, 5.74) is 1.18. The number of ether oxygens (including phenoxy) is 1. The van der Waals surface area contributed by atoms with Crippen LogP contribution in [0.1, 0.15) is 63.4 Å². The van der Waals surface area contributed by atoms with Gasteiger partial charge >= 0.3 is 12.3 Å². The molecule has 1 amide bonds. The monoisotopic (exact) mass is 611 g/mol. The van der Waals surface area contributed by atoms with E-state index in [0.29, 0.717) is 29.3 Å². The number of carbonyl (C=O) groups is 1. The molecular formula is C33H36F3N3O3S. The van der Waals surface area contributed by atoms with Crippen molar-refractivity contribution in [1.82, 2.24) is 14.5 Å². The van der Waals surface area contributed by atoms with E-state index in [2.05, 4.69) is 6.58 Å². The summed E-state index contributed by atoms with van der Waals surface area (Å²) in [7, 11) is -1.22. The second-order valence-electron chi connectivity index (χ2n) is 11.2. The van der Waals surface area contributed by atoms with Crippen LogP contribution in [0.15, 0.2) is 84.4 Å². The Bertz CT molecular complexity index is 1580. The molecule has 6 nitrogen and oxygen atoms in total. The minimum atomic E-state index is -4.59. The van der Waals surface area contributed by atoms with E-state index in [1.165, 1.54) is 12.1 Å². The first kappa shape index (κ1) is 32.0. The SMILES string of the molecule is C=C/C(=C\C(=C/C)c1ccc(-n2cc(C3CCCN3C(=O)OC(C)(C)C)nc2-c2ccccc2C(F)(F)F)cc1)S(C)=O. The lowest BCUT2D eigenvalue weighted by Gasteiger charge is -2.27. The maximum Gasteiger partial charge on any atom is 0.417 e. The van der Waals surface area contributed by atoms with Crippen molar-refractivity contribution in [2.24, 2.45) is 0 Å². The molecule has 0 aliphatic carbocycles. The van der Waals surface area contributed by atoms with Crippen LogP contribution in [-0.4, -0.2) is 43.2 Å². The van der Waals surface area contributed by atoms with Crippen LogP contribution in [0.4, 0.5) is 18.0 Å². The summed E-state index contributed by atoms with van der Waals surface area (Å²) in [6.07, 6.45) is 4.77. The highest BCUT2D eigenvalue weighted by Gasteiger charge is 2.37. The first-order valence-corrected chi connectivity index (χ1v) is 15.5. The Balaban J connectivity index is 1.83. The second-order valence-corrected chi connectivity index (χ2v) is 12.6. The second kappa shape index (κ2) is 12.8. The highest BCUT2D eigenvalue weighted by Crippen LogP contribution is 2.40. The van der Waals surface area contributed by atoms with Gasteiger partial charge in [0.2, 0.25) is 0 Å². The van der Waals surface area contributed by atoms with E-state index >= 15 is 0 Å². The summed E-state index contributed by atoms with van der Waals surface area (Å²) in [6, 6.07) is 12.2. The van der Waals surface area contributed by atoms with Crippen LogP contribution in [0.25, 0.3) is 22.6 Å². The van der Waals surface area contributed by atoms with Crippen LogP contribution in [0, 0.1) is 0 Å². The maximum atomic E-state index is 14.1. The minimum absolute atomic E-state index is 0.0646. The number of halogens is 3. The summed E-state index contributed by atoms with van der Waals surface area (Å²) in [6.45, 7) is 11.4. The molecule has 0 bridgehead atoms. The number of hydrogen-bond donors (Lipinski definition) is 0. The number of carbonyl (C=O) groups excluding carboxylic acids is 1. The molecule has 1 fully saturated rings. The Hall–Kier alpha value is -3.92. The fraction of sp³-hybridized carbons (Fsp3) is 0.333. The van der Waals surface area contributed by atoms with Gasteiger partial charge in [0.1, 0.15) is 11.4 Å². The number of nitrogens with zero attached hydrogens (tertiary/aromatic N) is 3. The van der Waals surface area contributed by atoms with Crippen molar-refractivity contribution in [3.63, 3.8) is 0 Å². The summed E-state index contributed by atoms with van der Waals surface area (Å²) < 4.78 is 61.7. The molecule has 1 aliphatic heterocycles. The van der Waals surface area contributed by atoms with Gasteiger partial charge in [0, 0.05) is 46.0 Å². The van der Waals surface area contributed by atoms with E-state index < -0.39 is 40.3 Å². The van der Waals surface area contributed by atoms with Crippen molar-refractivity contribution in [1.29, 1.82) is 0 Å². The quantitative estimate of drug-likeness (QED) is 0.252. The molecule has 0 N–H and O–H groups in total. The summed E-state index contributed by atoms with van der Waals surface area (Å²) in [5, 5.41) is 0. The summed E-state index contributed by atoms with van der Waals surface area (Å²) in [4.78, 5) is 19.9. The molecule has 1 aliphatic rings. The van der Waals surface area contributed by atoms with Gasteiger partial charge in [-0.1, -0.05) is 49.1 Å². The first-order chi connectivity index (χ1) is 20.2. The number of aromatic nitrogens is 2. The van der Waals surface area contributed by atoms with Crippen LogP contribution in [0.2, 0.25) is 0 Å². The number of alkyl halides is 3. The number of hydrogen-bond acceptors (Lipinski definition) is 4. The lowest BCUT2D eigenvalue weighted by molar-refractivity contribution is -0.137. The molecule has 10 heteroatoms. The predicted molar refractivity (Wildman–Crippen MR) is 165 cm³/mol. The van der Waals surface area contributed by atoms with Crippen LogP contribution >= 0.6 is 0 Å². The Morgan fingerprint density at radius 3 is 2.37 bits per heavy atom. The molecule has 43 heavy (non-hydrogen) atoms. The van der Waals surface area contributed by atoms with E-state index in [1.54, 1.807) is 73.0 Å². The molecule has 2 heterocycles. The van der Waals surface area contributed by atoms with Gasteiger partial charge in [-0.25, -0.2) is 9.78 Å². The van der Waals surface area contributed by atoms with Crippen molar-refractivity contribution in [2.75, 3.05) is 12.8 Å². The molecule has 228 valence electrons. The molecule has 1 saturated heterocycles. The van der Waals surface area contributed by atoms with Crippen molar-refractivity contribution >= 4 is 22.5 Å². The number of likely N-dealkylation sites (tertiary alicyclic amines) is 1. The van der Waals surface area contributed by atoms with Gasteiger partial charge in [-0.2, -0.15) is 13.2 Å². The lowest BCUT2D eigenvalue weighted by Crippen LogP contribution is -2.36. The fourth-order valence-electron chi connectivity index (χ4n) is 5.04. The van der Waals surface area contributed by atoms with Crippen LogP contribution < -0.4 is 0 Å². The Morgan fingerprint density at radius 1 is 1.12 bits per heavy atom. The third-order valence-electron chi connectivity index (χ3n) is 7.04. The predicted octanol–water partition coefficient (Wildman–Crippen LogP) is 8.48. The molecule has 2 atom stereocenters. The molecule has 2 aromatic carbocycles. The third-order valence-corrected chi connectivity index (χ3v) is 7.99. The van der Waals surface area contributed by atoms with Gasteiger partial charge in [-0.3, -0.25) is 13.7 Å². The van der Waals surface area contributed by atoms with Gasteiger partial charge in [-0.05, 0) is 75.9 Å². The van der Waals surface area contributed by atoms with Gasteiger partial charge in [0.15, 0.2) is 0 Å². The van der Waals surface area contributed by atoms with E-state index in [9.17, 15) is 22.2 Å².